The van der Waals surface area contributed by atoms with Crippen LogP contribution < -0.4 is 21.1 Å². The average Bonchev–Trinajstić information content (AvgIpc) is 2.71. The Balaban J connectivity index is 1.91. The number of nitrogens with two attached hydrogens (primary N) is 1. The number of hydrogen-bond acceptors (Lipinski definition) is 7. The number of rotatable bonds is 7. The number of anilines is 4. The zero-order valence-electron chi connectivity index (χ0n) is 17.0. The van der Waals surface area contributed by atoms with Gasteiger partial charge in [0.05, 0.1) is 20.6 Å². The van der Waals surface area contributed by atoms with Crippen molar-refractivity contribution in [2.45, 2.75) is 18.7 Å². The minimum atomic E-state index is -3.53. The number of hydrogen-bond donors (Lipinski definition) is 4. The Kier molecular flexibility index (Phi) is 6.58. The van der Waals surface area contributed by atoms with Crippen molar-refractivity contribution in [1.29, 1.82) is 0 Å². The minimum absolute atomic E-state index is 0.163. The topological polar surface area (TPSA) is 139 Å². The molecule has 3 aromatic rings. The summed E-state index contributed by atoms with van der Waals surface area (Å²) in [5.74, 6) is 0.167. The molecule has 3 rings (SSSR count). The number of aryl methyl sites for hydroxylation is 2. The predicted molar refractivity (Wildman–Crippen MR) is 123 cm³/mol. The molecule has 162 valence electrons. The van der Waals surface area contributed by atoms with Crippen LogP contribution in [0.15, 0.2) is 52.0 Å². The molecule has 0 atom stereocenters. The molecule has 0 aliphatic heterocycles. The maximum atomic E-state index is 12.0. The van der Waals surface area contributed by atoms with E-state index in [0.717, 1.165) is 5.56 Å². The lowest BCUT2D eigenvalue weighted by molar-refractivity contribution is 0.100. The molecule has 0 saturated carbocycles. The second kappa shape index (κ2) is 9.00. The van der Waals surface area contributed by atoms with Gasteiger partial charge in [-0.3, -0.25) is 4.79 Å². The van der Waals surface area contributed by atoms with Gasteiger partial charge in [-0.2, -0.15) is 4.98 Å². The van der Waals surface area contributed by atoms with Gasteiger partial charge in [0.25, 0.3) is 5.91 Å². The summed E-state index contributed by atoms with van der Waals surface area (Å²) in [5.41, 5.74) is 8.52. The third-order valence-electron chi connectivity index (χ3n) is 4.54. The maximum absolute atomic E-state index is 12.0. The highest BCUT2D eigenvalue weighted by Gasteiger charge is 2.15. The molecule has 0 unspecified atom stereocenters. The van der Waals surface area contributed by atoms with Crippen LogP contribution in [0.4, 0.5) is 23.1 Å². The average molecular weight is 505 g/mol. The fourth-order valence-corrected chi connectivity index (χ4v) is 4.03. The van der Waals surface area contributed by atoms with Crippen molar-refractivity contribution in [3.05, 3.63) is 63.8 Å². The van der Waals surface area contributed by atoms with E-state index in [2.05, 4.69) is 41.3 Å². The van der Waals surface area contributed by atoms with E-state index >= 15 is 0 Å². The molecule has 1 heterocycles. The molecule has 31 heavy (non-hydrogen) atoms. The van der Waals surface area contributed by atoms with E-state index in [-0.39, 0.29) is 10.8 Å². The molecule has 5 N–H and O–H groups in total. The van der Waals surface area contributed by atoms with Crippen LogP contribution in [-0.2, 0) is 10.0 Å². The number of carbonyl (C=O) groups excluding carboxylic acids is 1. The largest absolute Gasteiger partial charge is 0.366 e. The van der Waals surface area contributed by atoms with Gasteiger partial charge in [-0.05, 0) is 72.2 Å². The Morgan fingerprint density at radius 3 is 2.45 bits per heavy atom. The van der Waals surface area contributed by atoms with Crippen LogP contribution >= 0.6 is 15.9 Å². The first-order valence-electron chi connectivity index (χ1n) is 9.12. The molecule has 0 aliphatic carbocycles. The van der Waals surface area contributed by atoms with Gasteiger partial charge >= 0.3 is 0 Å². The number of nitrogens with one attached hydrogen (secondary N) is 3. The minimum Gasteiger partial charge on any atom is -0.366 e. The van der Waals surface area contributed by atoms with E-state index in [1.54, 1.807) is 44.3 Å². The highest BCUT2D eigenvalue weighted by atomic mass is 79.9. The lowest BCUT2D eigenvalue weighted by Crippen LogP contribution is -2.18. The number of halogens is 1. The van der Waals surface area contributed by atoms with Gasteiger partial charge in [-0.25, -0.2) is 18.1 Å². The van der Waals surface area contributed by atoms with Crippen molar-refractivity contribution in [2.75, 3.05) is 17.7 Å². The number of sulfonamides is 1. The summed E-state index contributed by atoms with van der Waals surface area (Å²) in [4.78, 5) is 20.7. The van der Waals surface area contributed by atoms with Crippen LogP contribution in [0, 0.1) is 13.8 Å². The Morgan fingerprint density at radius 2 is 1.81 bits per heavy atom. The molecule has 0 radical (unpaired) electrons. The first kappa shape index (κ1) is 22.7. The third-order valence-corrected chi connectivity index (χ3v) is 6.53. The summed E-state index contributed by atoms with van der Waals surface area (Å²) in [6.45, 7) is 3.58. The quantitative estimate of drug-likeness (QED) is 0.386. The maximum Gasteiger partial charge on any atom is 0.251 e. The summed E-state index contributed by atoms with van der Waals surface area (Å²) < 4.78 is 26.8. The summed E-state index contributed by atoms with van der Waals surface area (Å²) in [7, 11) is -2.17. The zero-order valence-corrected chi connectivity index (χ0v) is 19.4. The van der Waals surface area contributed by atoms with Gasteiger partial charge in [0, 0.05) is 11.9 Å². The van der Waals surface area contributed by atoms with Gasteiger partial charge in [0.1, 0.15) is 5.82 Å². The number of nitrogens with zero attached hydrogens (tertiary/aromatic N) is 2. The number of benzene rings is 2. The molecule has 1 amide bonds. The number of carbonyl (C=O) groups is 1. The molecule has 0 aliphatic rings. The second-order valence-electron chi connectivity index (χ2n) is 6.69. The summed E-state index contributed by atoms with van der Waals surface area (Å²) >= 11 is 3.40. The molecule has 0 fully saturated rings. The monoisotopic (exact) mass is 504 g/mol. The fourth-order valence-electron chi connectivity index (χ4n) is 2.92. The molecule has 0 bridgehead atoms. The Bertz CT molecular complexity index is 1260. The number of primary amides is 1. The van der Waals surface area contributed by atoms with Gasteiger partial charge in [0.15, 0.2) is 0 Å². The normalized spacial score (nSPS) is 11.2. The Labute approximate surface area is 188 Å². The molecule has 0 spiro atoms. The summed E-state index contributed by atoms with van der Waals surface area (Å²) in [6.07, 6.45) is 1.56. The molecule has 11 heteroatoms. The van der Waals surface area contributed by atoms with E-state index in [4.69, 9.17) is 5.73 Å². The van der Waals surface area contributed by atoms with E-state index in [1.807, 2.05) is 6.07 Å². The standard InChI is InChI=1S/C20H21BrN6O3S/c1-11-5-4-6-16(17(11)18(22)28)25-19-14(21)10-24-20(27-19)26-15-8-7-13(9-12(15)2)31(29,30)23-3/h4-10,23H,1-3H3,(H2,22,28)(H2,24,25,26,27). The van der Waals surface area contributed by atoms with Crippen LogP contribution in [-0.4, -0.2) is 31.3 Å². The molecular formula is C20H21BrN6O3S. The van der Waals surface area contributed by atoms with Crippen molar-refractivity contribution in [3.8, 4) is 0 Å². The van der Waals surface area contributed by atoms with Crippen molar-refractivity contribution in [1.82, 2.24) is 14.7 Å². The summed E-state index contributed by atoms with van der Waals surface area (Å²) in [6, 6.07) is 10.0. The second-order valence-corrected chi connectivity index (χ2v) is 9.43. The summed E-state index contributed by atoms with van der Waals surface area (Å²) in [5, 5.41) is 6.20. The third kappa shape index (κ3) is 5.01. The van der Waals surface area contributed by atoms with E-state index < -0.39 is 15.9 Å². The Hall–Kier alpha value is -3.02. The van der Waals surface area contributed by atoms with Crippen LogP contribution in [0.2, 0.25) is 0 Å². The van der Waals surface area contributed by atoms with Crippen LogP contribution in [0.3, 0.4) is 0 Å². The van der Waals surface area contributed by atoms with E-state index in [9.17, 15) is 13.2 Å². The first-order chi connectivity index (χ1) is 14.6. The van der Waals surface area contributed by atoms with Crippen molar-refractivity contribution in [2.24, 2.45) is 5.73 Å². The van der Waals surface area contributed by atoms with Crippen LogP contribution in [0.5, 0.6) is 0 Å². The van der Waals surface area contributed by atoms with E-state index in [0.29, 0.717) is 32.8 Å². The van der Waals surface area contributed by atoms with E-state index in [1.165, 1.54) is 13.1 Å². The highest BCUT2D eigenvalue weighted by Crippen LogP contribution is 2.29. The first-order valence-corrected chi connectivity index (χ1v) is 11.4. The number of aromatic nitrogens is 2. The molecule has 9 nitrogen and oxygen atoms in total. The molecule has 2 aromatic carbocycles. The fraction of sp³-hybridized carbons (Fsp3) is 0.150. The Morgan fingerprint density at radius 1 is 1.06 bits per heavy atom. The highest BCUT2D eigenvalue weighted by molar-refractivity contribution is 9.10. The van der Waals surface area contributed by atoms with Crippen LogP contribution in [0.1, 0.15) is 21.5 Å². The van der Waals surface area contributed by atoms with Gasteiger partial charge in [-0.1, -0.05) is 12.1 Å². The van der Waals surface area contributed by atoms with Crippen LogP contribution in [0.25, 0.3) is 0 Å². The van der Waals surface area contributed by atoms with Gasteiger partial charge in [0.2, 0.25) is 16.0 Å². The molecule has 1 aromatic heterocycles. The lowest BCUT2D eigenvalue weighted by atomic mass is 10.1. The molecular weight excluding hydrogens is 484 g/mol. The lowest BCUT2D eigenvalue weighted by Gasteiger charge is -2.14. The van der Waals surface area contributed by atoms with Gasteiger partial charge < -0.3 is 16.4 Å². The van der Waals surface area contributed by atoms with Crippen molar-refractivity contribution >= 4 is 55.0 Å². The predicted octanol–water partition coefficient (Wildman–Crippen LogP) is 3.35. The molecule has 0 saturated heterocycles. The van der Waals surface area contributed by atoms with Crippen molar-refractivity contribution < 1.29 is 13.2 Å². The number of amides is 1. The van der Waals surface area contributed by atoms with Gasteiger partial charge in [-0.15, -0.1) is 0 Å². The zero-order chi connectivity index (χ0) is 22.8. The SMILES string of the molecule is CNS(=O)(=O)c1ccc(Nc2ncc(Br)c(Nc3cccc(C)c3C(N)=O)n2)c(C)c1. The smallest absolute Gasteiger partial charge is 0.251 e. The van der Waals surface area contributed by atoms with Crippen molar-refractivity contribution in [3.63, 3.8) is 0 Å².